The Kier molecular flexibility index (Phi) is 6.04. The van der Waals surface area contributed by atoms with Gasteiger partial charge in [-0.2, -0.15) is 0 Å². The summed E-state index contributed by atoms with van der Waals surface area (Å²) in [5.74, 6) is -0.940. The normalized spacial score (nSPS) is 21.4. The number of alkyl carbamates (subject to hydrolysis) is 1. The van der Waals surface area contributed by atoms with Crippen molar-refractivity contribution in [1.29, 1.82) is 0 Å². The summed E-state index contributed by atoms with van der Waals surface area (Å²) in [6.07, 6.45) is 2.27. The molecule has 1 amide bonds. The fraction of sp³-hybridized carbons (Fsp3) is 0.417. The van der Waals surface area contributed by atoms with Gasteiger partial charge < -0.3 is 20.3 Å². The largest absolute Gasteiger partial charge is 0.480 e. The number of nitrogens with one attached hydrogen (secondary N) is 1. The van der Waals surface area contributed by atoms with E-state index < -0.39 is 18.1 Å². The van der Waals surface area contributed by atoms with E-state index >= 15 is 0 Å². The molecular weight excluding hydrogens is 382 g/mol. The lowest BCUT2D eigenvalue weighted by Gasteiger charge is -2.27. The van der Waals surface area contributed by atoms with Crippen molar-refractivity contribution >= 4 is 12.1 Å². The van der Waals surface area contributed by atoms with Crippen molar-refractivity contribution < 1.29 is 24.5 Å². The van der Waals surface area contributed by atoms with E-state index in [2.05, 4.69) is 17.4 Å². The number of aliphatic hydroxyl groups is 1. The summed E-state index contributed by atoms with van der Waals surface area (Å²) in [4.78, 5) is 24.0. The molecule has 30 heavy (non-hydrogen) atoms. The maximum atomic E-state index is 12.4. The Labute approximate surface area is 175 Å². The fourth-order valence-corrected chi connectivity index (χ4v) is 4.72. The van der Waals surface area contributed by atoms with E-state index in [1.165, 1.54) is 0 Å². The highest BCUT2D eigenvalue weighted by molar-refractivity contribution is 5.81. The minimum absolute atomic E-state index is 0.0636. The summed E-state index contributed by atoms with van der Waals surface area (Å²) in [7, 11) is 0. The number of carbonyl (C=O) groups is 2. The minimum Gasteiger partial charge on any atom is -0.480 e. The van der Waals surface area contributed by atoms with Gasteiger partial charge in [-0.15, -0.1) is 0 Å². The van der Waals surface area contributed by atoms with Crippen molar-refractivity contribution in [3.8, 4) is 11.1 Å². The van der Waals surface area contributed by atoms with Gasteiger partial charge in [0.15, 0.2) is 0 Å². The van der Waals surface area contributed by atoms with Crippen LogP contribution in [0.15, 0.2) is 48.5 Å². The third-order valence-electron chi connectivity index (χ3n) is 6.32. The van der Waals surface area contributed by atoms with Gasteiger partial charge in [-0.25, -0.2) is 9.59 Å². The second-order valence-corrected chi connectivity index (χ2v) is 8.27. The molecule has 0 aromatic heterocycles. The average molecular weight is 409 g/mol. The summed E-state index contributed by atoms with van der Waals surface area (Å²) in [5, 5.41) is 21.7. The first-order chi connectivity index (χ1) is 14.5. The zero-order valence-corrected chi connectivity index (χ0v) is 16.8. The van der Waals surface area contributed by atoms with E-state index in [-0.39, 0.29) is 24.5 Å². The van der Waals surface area contributed by atoms with Crippen LogP contribution >= 0.6 is 0 Å². The van der Waals surface area contributed by atoms with Gasteiger partial charge in [0.1, 0.15) is 12.6 Å². The number of carbonyl (C=O) groups excluding carboxylic acids is 1. The Morgan fingerprint density at radius 3 is 2.10 bits per heavy atom. The number of carboxylic acids is 1. The van der Waals surface area contributed by atoms with Crippen LogP contribution in [-0.2, 0) is 9.53 Å². The molecule has 0 aliphatic heterocycles. The zero-order chi connectivity index (χ0) is 21.1. The molecular formula is C24H27NO5. The zero-order valence-electron chi connectivity index (χ0n) is 16.8. The van der Waals surface area contributed by atoms with E-state index in [9.17, 15) is 19.8 Å². The Hall–Kier alpha value is -2.86. The maximum absolute atomic E-state index is 12.4. The van der Waals surface area contributed by atoms with Gasteiger partial charge >= 0.3 is 12.1 Å². The smallest absolute Gasteiger partial charge is 0.407 e. The summed E-state index contributed by atoms with van der Waals surface area (Å²) in [6, 6.07) is 15.2. The predicted molar refractivity (Wildman–Crippen MR) is 112 cm³/mol. The van der Waals surface area contributed by atoms with E-state index in [1.807, 2.05) is 36.4 Å². The van der Waals surface area contributed by atoms with Crippen LogP contribution < -0.4 is 5.32 Å². The molecule has 2 aliphatic carbocycles. The van der Waals surface area contributed by atoms with Crippen molar-refractivity contribution in [2.75, 3.05) is 6.61 Å². The molecule has 6 heteroatoms. The Morgan fingerprint density at radius 2 is 1.53 bits per heavy atom. The van der Waals surface area contributed by atoms with Gasteiger partial charge in [-0.3, -0.25) is 0 Å². The number of amides is 1. The van der Waals surface area contributed by atoms with Gasteiger partial charge in [-0.05, 0) is 60.3 Å². The number of aliphatic carboxylic acids is 1. The van der Waals surface area contributed by atoms with Crippen LogP contribution in [0.25, 0.3) is 11.1 Å². The van der Waals surface area contributed by atoms with Crippen LogP contribution in [0.5, 0.6) is 0 Å². The molecule has 2 aromatic rings. The molecule has 4 rings (SSSR count). The number of hydrogen-bond donors (Lipinski definition) is 3. The number of rotatable bonds is 6. The molecule has 6 nitrogen and oxygen atoms in total. The van der Waals surface area contributed by atoms with Crippen molar-refractivity contribution in [3.63, 3.8) is 0 Å². The molecule has 0 heterocycles. The van der Waals surface area contributed by atoms with Crippen LogP contribution in [-0.4, -0.2) is 41.0 Å². The monoisotopic (exact) mass is 409 g/mol. The van der Waals surface area contributed by atoms with Crippen LogP contribution in [0.2, 0.25) is 0 Å². The van der Waals surface area contributed by atoms with Crippen molar-refractivity contribution in [2.45, 2.75) is 50.2 Å². The molecule has 0 spiro atoms. The minimum atomic E-state index is -1.06. The first-order valence-corrected chi connectivity index (χ1v) is 10.5. The maximum Gasteiger partial charge on any atom is 0.407 e. The SMILES string of the molecule is O=C(NC(CC1CCC(O)CC1)C(=O)O)OCC1c2ccccc2-c2ccccc21. The van der Waals surface area contributed by atoms with Gasteiger partial charge in [0.2, 0.25) is 0 Å². The molecule has 1 fully saturated rings. The lowest BCUT2D eigenvalue weighted by atomic mass is 9.83. The summed E-state index contributed by atoms with van der Waals surface area (Å²) >= 11 is 0. The van der Waals surface area contributed by atoms with E-state index in [0.29, 0.717) is 19.3 Å². The van der Waals surface area contributed by atoms with Crippen LogP contribution in [0, 0.1) is 5.92 Å². The highest BCUT2D eigenvalue weighted by Gasteiger charge is 2.31. The van der Waals surface area contributed by atoms with Gasteiger partial charge in [-0.1, -0.05) is 48.5 Å². The Balaban J connectivity index is 1.37. The van der Waals surface area contributed by atoms with Gasteiger partial charge in [0.05, 0.1) is 6.10 Å². The first kappa shape index (κ1) is 20.4. The van der Waals surface area contributed by atoms with E-state index in [4.69, 9.17) is 4.74 Å². The van der Waals surface area contributed by atoms with Crippen LogP contribution in [0.3, 0.4) is 0 Å². The van der Waals surface area contributed by atoms with E-state index in [0.717, 1.165) is 35.1 Å². The van der Waals surface area contributed by atoms with Crippen LogP contribution in [0.4, 0.5) is 4.79 Å². The molecule has 0 bridgehead atoms. The average Bonchev–Trinajstić information content (AvgIpc) is 3.07. The molecule has 158 valence electrons. The molecule has 1 saturated carbocycles. The predicted octanol–water partition coefficient (Wildman–Crippen LogP) is 3.92. The molecule has 0 saturated heterocycles. The molecule has 2 aromatic carbocycles. The summed E-state index contributed by atoms with van der Waals surface area (Å²) in [5.41, 5.74) is 4.51. The number of carboxylic acid groups (broad SMARTS) is 1. The Bertz CT molecular complexity index is 874. The number of fused-ring (bicyclic) bond motifs is 3. The number of ether oxygens (including phenoxy) is 1. The fourth-order valence-electron chi connectivity index (χ4n) is 4.72. The van der Waals surface area contributed by atoms with Crippen molar-refractivity contribution in [1.82, 2.24) is 5.32 Å². The van der Waals surface area contributed by atoms with Gasteiger partial charge in [0.25, 0.3) is 0 Å². The van der Waals surface area contributed by atoms with Crippen molar-refractivity contribution in [3.05, 3.63) is 59.7 Å². The number of aliphatic hydroxyl groups excluding tert-OH is 1. The summed E-state index contributed by atoms with van der Waals surface area (Å²) < 4.78 is 5.47. The summed E-state index contributed by atoms with van der Waals surface area (Å²) in [6.45, 7) is 0.155. The topological polar surface area (TPSA) is 95.9 Å². The van der Waals surface area contributed by atoms with E-state index in [1.54, 1.807) is 0 Å². The van der Waals surface area contributed by atoms with Gasteiger partial charge in [0, 0.05) is 5.92 Å². The number of benzene rings is 2. The quantitative estimate of drug-likeness (QED) is 0.672. The lowest BCUT2D eigenvalue weighted by molar-refractivity contribution is -0.140. The third-order valence-corrected chi connectivity index (χ3v) is 6.32. The third kappa shape index (κ3) is 4.33. The molecule has 1 atom stereocenters. The molecule has 0 radical (unpaired) electrons. The molecule has 3 N–H and O–H groups in total. The second-order valence-electron chi connectivity index (χ2n) is 8.27. The highest BCUT2D eigenvalue weighted by atomic mass is 16.5. The standard InChI is InChI=1S/C24H27NO5/c26-16-11-9-15(10-12-16)13-22(23(27)28)25-24(29)30-14-21-19-7-3-1-5-17(19)18-6-2-4-8-20(18)21/h1-8,15-16,21-22,26H,9-14H2,(H,25,29)(H,27,28). The molecule has 2 aliphatic rings. The highest BCUT2D eigenvalue weighted by Crippen LogP contribution is 2.44. The Morgan fingerprint density at radius 1 is 0.967 bits per heavy atom. The number of hydrogen-bond acceptors (Lipinski definition) is 4. The van der Waals surface area contributed by atoms with Crippen LogP contribution in [0.1, 0.15) is 49.1 Å². The molecule has 1 unspecified atom stereocenters. The lowest BCUT2D eigenvalue weighted by Crippen LogP contribution is -2.43. The van der Waals surface area contributed by atoms with Crippen molar-refractivity contribution in [2.24, 2.45) is 5.92 Å². The second kappa shape index (κ2) is 8.88. The first-order valence-electron chi connectivity index (χ1n) is 10.5.